The van der Waals surface area contributed by atoms with Crippen LogP contribution in [0.3, 0.4) is 0 Å². The first-order chi connectivity index (χ1) is 9.46. The highest BCUT2D eigenvalue weighted by Gasteiger charge is 2.09. The summed E-state index contributed by atoms with van der Waals surface area (Å²) in [5, 5.41) is 14.6. The van der Waals surface area contributed by atoms with Crippen LogP contribution in [0.5, 0.6) is 0 Å². The Labute approximate surface area is 122 Å². The number of nitrogens with one attached hydrogen (secondary N) is 2. The van der Waals surface area contributed by atoms with Crippen LogP contribution in [0.15, 0.2) is 11.3 Å². The Kier molecular flexibility index (Phi) is 6.48. The van der Waals surface area contributed by atoms with E-state index in [-0.39, 0.29) is 0 Å². The molecule has 0 spiro atoms. The molecule has 2 N–H and O–H groups in total. The van der Waals surface area contributed by atoms with Gasteiger partial charge in [0, 0.05) is 33.1 Å². The second-order valence-corrected chi connectivity index (χ2v) is 6.03. The van der Waals surface area contributed by atoms with Gasteiger partial charge < -0.3 is 15.2 Å². The fraction of sp³-hybridized carbons (Fsp3) is 0.786. The molecule has 0 aliphatic carbocycles. The lowest BCUT2D eigenvalue weighted by atomic mass is 9.92. The molecular weight excluding hydrogens is 252 g/mol. The van der Waals surface area contributed by atoms with Gasteiger partial charge in [0.1, 0.15) is 12.2 Å². The molecule has 0 saturated carbocycles. The van der Waals surface area contributed by atoms with Gasteiger partial charge >= 0.3 is 0 Å². The molecular formula is C14H28N6. The number of guanidine groups is 1. The molecule has 0 radical (unpaired) electrons. The van der Waals surface area contributed by atoms with Crippen LogP contribution in [0.1, 0.15) is 39.9 Å². The highest BCUT2D eigenvalue weighted by atomic mass is 15.3. The van der Waals surface area contributed by atoms with Crippen molar-refractivity contribution in [3.05, 3.63) is 12.2 Å². The lowest BCUT2D eigenvalue weighted by Gasteiger charge is -2.19. The maximum atomic E-state index is 4.22. The largest absolute Gasteiger partial charge is 0.356 e. The van der Waals surface area contributed by atoms with Gasteiger partial charge in [0.2, 0.25) is 0 Å². The third kappa shape index (κ3) is 6.04. The van der Waals surface area contributed by atoms with Crippen molar-refractivity contribution in [2.45, 2.75) is 47.1 Å². The molecule has 0 fully saturated rings. The molecule has 0 saturated heterocycles. The summed E-state index contributed by atoms with van der Waals surface area (Å²) in [4.78, 5) is 4.22. The Morgan fingerprint density at radius 3 is 2.60 bits per heavy atom. The maximum absolute atomic E-state index is 4.22. The smallest absolute Gasteiger partial charge is 0.191 e. The van der Waals surface area contributed by atoms with Crippen LogP contribution in [-0.4, -0.2) is 40.9 Å². The van der Waals surface area contributed by atoms with Crippen molar-refractivity contribution in [3.8, 4) is 0 Å². The predicted molar refractivity (Wildman–Crippen MR) is 82.8 cm³/mol. The molecule has 1 aromatic heterocycles. The lowest BCUT2D eigenvalue weighted by molar-refractivity contribution is 0.377. The molecule has 6 nitrogen and oxygen atoms in total. The van der Waals surface area contributed by atoms with E-state index in [1.54, 1.807) is 13.4 Å². The molecule has 0 bridgehead atoms. The topological polar surface area (TPSA) is 67.1 Å². The van der Waals surface area contributed by atoms with E-state index < -0.39 is 0 Å². The Hall–Kier alpha value is -1.59. The van der Waals surface area contributed by atoms with E-state index in [4.69, 9.17) is 0 Å². The predicted octanol–water partition coefficient (Wildman–Crippen LogP) is 1.44. The fourth-order valence-corrected chi connectivity index (χ4v) is 1.81. The Bertz CT molecular complexity index is 416. The molecule has 0 aliphatic heterocycles. The molecule has 20 heavy (non-hydrogen) atoms. The van der Waals surface area contributed by atoms with Crippen molar-refractivity contribution in [1.29, 1.82) is 0 Å². The Balaban J connectivity index is 2.28. The van der Waals surface area contributed by atoms with Crippen LogP contribution in [0.4, 0.5) is 0 Å². The van der Waals surface area contributed by atoms with Crippen molar-refractivity contribution in [3.63, 3.8) is 0 Å². The zero-order valence-electron chi connectivity index (χ0n) is 13.4. The van der Waals surface area contributed by atoms with Gasteiger partial charge in [-0.15, -0.1) is 10.2 Å². The number of aromatic nitrogens is 3. The standard InChI is InChI=1S/C14H28N6/c1-6-12-19-18-11-20(12)10-9-17-13(15-5)16-8-7-14(2,3)4/h11H,6-10H2,1-5H3,(H2,15,16,17). The summed E-state index contributed by atoms with van der Waals surface area (Å²) in [6, 6.07) is 0. The number of aliphatic imine (C=N–C) groups is 1. The van der Waals surface area contributed by atoms with Gasteiger partial charge in [0.05, 0.1) is 0 Å². The average Bonchev–Trinajstić information content (AvgIpc) is 2.83. The number of hydrogen-bond acceptors (Lipinski definition) is 3. The third-order valence-electron chi connectivity index (χ3n) is 3.05. The minimum atomic E-state index is 0.338. The first kappa shape index (κ1) is 16.5. The fourth-order valence-electron chi connectivity index (χ4n) is 1.81. The van der Waals surface area contributed by atoms with E-state index >= 15 is 0 Å². The molecule has 1 aromatic rings. The minimum Gasteiger partial charge on any atom is -0.356 e. The van der Waals surface area contributed by atoms with Crippen molar-refractivity contribution >= 4 is 5.96 Å². The van der Waals surface area contributed by atoms with Gasteiger partial charge in [-0.05, 0) is 11.8 Å². The van der Waals surface area contributed by atoms with E-state index in [0.717, 1.165) is 44.3 Å². The Morgan fingerprint density at radius 2 is 2.00 bits per heavy atom. The van der Waals surface area contributed by atoms with E-state index in [1.807, 2.05) is 0 Å². The summed E-state index contributed by atoms with van der Waals surface area (Å²) in [6.45, 7) is 11.4. The van der Waals surface area contributed by atoms with Gasteiger partial charge in [-0.25, -0.2) is 0 Å². The summed E-state index contributed by atoms with van der Waals surface area (Å²) < 4.78 is 2.06. The van der Waals surface area contributed by atoms with E-state index in [2.05, 4.69) is 58.1 Å². The third-order valence-corrected chi connectivity index (χ3v) is 3.05. The summed E-state index contributed by atoms with van der Waals surface area (Å²) in [6.07, 6.45) is 3.79. The van der Waals surface area contributed by atoms with Crippen molar-refractivity contribution < 1.29 is 0 Å². The molecule has 0 atom stereocenters. The quantitative estimate of drug-likeness (QED) is 0.611. The molecule has 0 aromatic carbocycles. The maximum Gasteiger partial charge on any atom is 0.191 e. The summed E-state index contributed by atoms with van der Waals surface area (Å²) in [7, 11) is 1.79. The van der Waals surface area contributed by atoms with Gasteiger partial charge in [-0.3, -0.25) is 4.99 Å². The van der Waals surface area contributed by atoms with E-state index in [1.165, 1.54) is 0 Å². The van der Waals surface area contributed by atoms with E-state index in [0.29, 0.717) is 5.41 Å². The lowest BCUT2D eigenvalue weighted by Crippen LogP contribution is -2.40. The normalized spacial score (nSPS) is 12.6. The number of nitrogens with zero attached hydrogens (tertiary/aromatic N) is 4. The van der Waals surface area contributed by atoms with Gasteiger partial charge in [0.25, 0.3) is 0 Å². The second kappa shape index (κ2) is 7.87. The van der Waals surface area contributed by atoms with Crippen LogP contribution in [-0.2, 0) is 13.0 Å². The van der Waals surface area contributed by atoms with Crippen molar-refractivity contribution in [2.24, 2.45) is 10.4 Å². The van der Waals surface area contributed by atoms with Gasteiger partial charge in [-0.2, -0.15) is 0 Å². The summed E-state index contributed by atoms with van der Waals surface area (Å²) >= 11 is 0. The second-order valence-electron chi connectivity index (χ2n) is 6.03. The zero-order valence-corrected chi connectivity index (χ0v) is 13.4. The average molecular weight is 280 g/mol. The van der Waals surface area contributed by atoms with Crippen LogP contribution in [0, 0.1) is 5.41 Å². The number of hydrogen-bond donors (Lipinski definition) is 2. The highest BCUT2D eigenvalue weighted by Crippen LogP contribution is 2.16. The van der Waals surface area contributed by atoms with Crippen LogP contribution in [0.2, 0.25) is 0 Å². The molecule has 1 rings (SSSR count). The molecule has 1 heterocycles. The van der Waals surface area contributed by atoms with Crippen LogP contribution < -0.4 is 10.6 Å². The summed E-state index contributed by atoms with van der Waals surface area (Å²) in [5.74, 6) is 1.86. The molecule has 114 valence electrons. The first-order valence-electron chi connectivity index (χ1n) is 7.27. The number of aryl methyl sites for hydroxylation is 1. The van der Waals surface area contributed by atoms with Crippen LogP contribution >= 0.6 is 0 Å². The molecule has 6 heteroatoms. The zero-order chi connectivity index (χ0) is 15.0. The summed E-state index contributed by atoms with van der Waals surface area (Å²) in [5.41, 5.74) is 0.338. The monoisotopic (exact) mass is 280 g/mol. The first-order valence-corrected chi connectivity index (χ1v) is 7.27. The highest BCUT2D eigenvalue weighted by molar-refractivity contribution is 5.79. The van der Waals surface area contributed by atoms with E-state index in [9.17, 15) is 0 Å². The van der Waals surface area contributed by atoms with Gasteiger partial charge in [-0.1, -0.05) is 27.7 Å². The number of rotatable bonds is 6. The molecule has 0 unspecified atom stereocenters. The van der Waals surface area contributed by atoms with Crippen molar-refractivity contribution in [1.82, 2.24) is 25.4 Å². The van der Waals surface area contributed by atoms with Gasteiger partial charge in [0.15, 0.2) is 5.96 Å². The SMILES string of the molecule is CCc1nncn1CCNC(=NC)NCCC(C)(C)C. The Morgan fingerprint density at radius 1 is 1.30 bits per heavy atom. The molecule has 0 aliphatic rings. The minimum absolute atomic E-state index is 0.338. The van der Waals surface area contributed by atoms with Crippen molar-refractivity contribution in [2.75, 3.05) is 20.1 Å². The van der Waals surface area contributed by atoms with Crippen LogP contribution in [0.25, 0.3) is 0 Å². The molecule has 0 amide bonds.